The van der Waals surface area contributed by atoms with Crippen molar-refractivity contribution in [2.75, 3.05) is 19.7 Å². The van der Waals surface area contributed by atoms with Crippen molar-refractivity contribution in [3.05, 3.63) is 35.4 Å². The molecule has 1 heterocycles. The Morgan fingerprint density at radius 3 is 2.90 bits per heavy atom. The first-order valence-electron chi connectivity index (χ1n) is 7.85. The van der Waals surface area contributed by atoms with Crippen molar-refractivity contribution in [2.45, 2.75) is 45.8 Å². The quantitative estimate of drug-likeness (QED) is 0.865. The van der Waals surface area contributed by atoms with Gasteiger partial charge in [-0.2, -0.15) is 0 Å². The van der Waals surface area contributed by atoms with E-state index in [0.717, 1.165) is 19.4 Å². The Morgan fingerprint density at radius 1 is 1.43 bits per heavy atom. The number of hydrogen-bond donors (Lipinski definition) is 1. The number of benzene rings is 1. The van der Waals surface area contributed by atoms with E-state index < -0.39 is 0 Å². The van der Waals surface area contributed by atoms with E-state index in [-0.39, 0.29) is 18.2 Å². The summed E-state index contributed by atoms with van der Waals surface area (Å²) in [6, 6.07) is 8.37. The van der Waals surface area contributed by atoms with Crippen molar-refractivity contribution in [3.63, 3.8) is 0 Å². The number of nitrogens with zero attached hydrogens (tertiary/aromatic N) is 1. The zero-order valence-electron chi connectivity index (χ0n) is 13.3. The molecule has 0 aromatic heterocycles. The van der Waals surface area contributed by atoms with Crippen LogP contribution in [0, 0.1) is 6.92 Å². The van der Waals surface area contributed by atoms with Gasteiger partial charge in [0.1, 0.15) is 6.10 Å². The van der Waals surface area contributed by atoms with Gasteiger partial charge in [0.05, 0.1) is 19.2 Å². The zero-order valence-corrected chi connectivity index (χ0v) is 13.3. The summed E-state index contributed by atoms with van der Waals surface area (Å²) in [5, 5.41) is 3.00. The molecule has 116 valence electrons. The molecular weight excluding hydrogens is 264 g/mol. The van der Waals surface area contributed by atoms with E-state index in [1.165, 1.54) is 11.1 Å². The highest BCUT2D eigenvalue weighted by Crippen LogP contribution is 2.27. The van der Waals surface area contributed by atoms with Gasteiger partial charge in [0.15, 0.2) is 0 Å². The van der Waals surface area contributed by atoms with Crippen LogP contribution in [0.5, 0.6) is 0 Å². The summed E-state index contributed by atoms with van der Waals surface area (Å²) >= 11 is 0. The molecule has 4 nitrogen and oxygen atoms in total. The van der Waals surface area contributed by atoms with Crippen molar-refractivity contribution in [3.8, 4) is 0 Å². The number of hydrogen-bond acceptors (Lipinski definition) is 2. The number of aryl methyl sites for hydroxylation is 1. The minimum atomic E-state index is -0.0284. The van der Waals surface area contributed by atoms with Crippen molar-refractivity contribution >= 4 is 6.03 Å². The maximum Gasteiger partial charge on any atom is 0.317 e. The summed E-state index contributed by atoms with van der Waals surface area (Å²) in [6.07, 6.45) is 2.08. The lowest BCUT2D eigenvalue weighted by Crippen LogP contribution is -2.52. The van der Waals surface area contributed by atoms with Crippen LogP contribution in [0.15, 0.2) is 24.3 Å². The Hall–Kier alpha value is -1.55. The van der Waals surface area contributed by atoms with E-state index in [1.807, 2.05) is 24.0 Å². The molecule has 1 aliphatic rings. The molecule has 2 atom stereocenters. The van der Waals surface area contributed by atoms with Gasteiger partial charge in [0, 0.05) is 6.54 Å². The molecule has 21 heavy (non-hydrogen) atoms. The molecule has 2 rings (SSSR count). The first-order chi connectivity index (χ1) is 10.1. The third-order valence-electron chi connectivity index (χ3n) is 4.04. The molecule has 0 unspecified atom stereocenters. The minimum Gasteiger partial charge on any atom is -0.370 e. The molecule has 2 amide bonds. The fraction of sp³-hybridized carbons (Fsp3) is 0.588. The van der Waals surface area contributed by atoms with E-state index in [0.29, 0.717) is 13.2 Å². The predicted molar refractivity (Wildman–Crippen MR) is 84.3 cm³/mol. The number of rotatable bonds is 4. The van der Waals surface area contributed by atoms with Crippen molar-refractivity contribution < 1.29 is 9.53 Å². The molecule has 1 fully saturated rings. The summed E-state index contributed by atoms with van der Waals surface area (Å²) in [4.78, 5) is 14.2. The predicted octanol–water partition coefficient (Wildman–Crippen LogP) is 3.27. The number of unbranched alkanes of at least 4 members (excludes halogenated alkanes) is 1. The number of urea groups is 1. The highest BCUT2D eigenvalue weighted by Gasteiger charge is 2.30. The van der Waals surface area contributed by atoms with Crippen LogP contribution in [0.1, 0.15) is 43.9 Å². The summed E-state index contributed by atoms with van der Waals surface area (Å²) < 4.78 is 5.94. The maximum atomic E-state index is 12.3. The molecule has 1 saturated heterocycles. The van der Waals surface area contributed by atoms with Gasteiger partial charge < -0.3 is 15.0 Å². The number of amides is 2. The molecule has 1 aliphatic heterocycles. The zero-order chi connectivity index (χ0) is 15.2. The molecule has 1 aromatic carbocycles. The second kappa shape index (κ2) is 7.46. The SMILES string of the molecule is CCCCNC(=O)N1C[C@@H](c2ccccc2C)OC[C@H]1C. The van der Waals surface area contributed by atoms with Crippen LogP contribution in [-0.2, 0) is 4.74 Å². The second-order valence-electron chi connectivity index (χ2n) is 5.77. The van der Waals surface area contributed by atoms with Gasteiger partial charge in [-0.05, 0) is 31.4 Å². The number of nitrogens with one attached hydrogen (secondary N) is 1. The van der Waals surface area contributed by atoms with Gasteiger partial charge in [-0.1, -0.05) is 37.6 Å². The Bertz CT molecular complexity index is 476. The molecule has 0 saturated carbocycles. The van der Waals surface area contributed by atoms with Crippen LogP contribution in [-0.4, -0.2) is 36.7 Å². The van der Waals surface area contributed by atoms with E-state index in [9.17, 15) is 4.79 Å². The van der Waals surface area contributed by atoms with Crippen LogP contribution < -0.4 is 5.32 Å². The van der Waals surface area contributed by atoms with E-state index >= 15 is 0 Å². The third-order valence-corrected chi connectivity index (χ3v) is 4.04. The smallest absolute Gasteiger partial charge is 0.317 e. The first kappa shape index (κ1) is 15.8. The Morgan fingerprint density at radius 2 is 2.19 bits per heavy atom. The summed E-state index contributed by atoms with van der Waals surface area (Å²) in [5.74, 6) is 0. The summed E-state index contributed by atoms with van der Waals surface area (Å²) in [6.45, 7) is 8.19. The van der Waals surface area contributed by atoms with Crippen molar-refractivity contribution in [2.24, 2.45) is 0 Å². The van der Waals surface area contributed by atoms with Gasteiger partial charge >= 0.3 is 6.03 Å². The molecular formula is C17H26N2O2. The van der Waals surface area contributed by atoms with Gasteiger partial charge in [-0.15, -0.1) is 0 Å². The maximum absolute atomic E-state index is 12.3. The van der Waals surface area contributed by atoms with Gasteiger partial charge in [-0.25, -0.2) is 4.79 Å². The second-order valence-corrected chi connectivity index (χ2v) is 5.77. The highest BCUT2D eigenvalue weighted by atomic mass is 16.5. The molecule has 1 N–H and O–H groups in total. The minimum absolute atomic E-state index is 0.0258. The van der Waals surface area contributed by atoms with Crippen LogP contribution in [0.2, 0.25) is 0 Å². The fourth-order valence-corrected chi connectivity index (χ4v) is 2.65. The molecule has 0 aliphatic carbocycles. The standard InChI is InChI=1S/C17H26N2O2/c1-4-5-10-18-17(20)19-11-16(21-12-14(19)3)15-9-7-6-8-13(15)2/h6-9,14,16H,4-5,10-12H2,1-3H3,(H,18,20)/t14-,16+/m1/s1. The van der Waals surface area contributed by atoms with Crippen LogP contribution in [0.3, 0.4) is 0 Å². The Kier molecular flexibility index (Phi) is 5.62. The molecule has 0 spiro atoms. The molecule has 0 bridgehead atoms. The van der Waals surface area contributed by atoms with Gasteiger partial charge in [0.25, 0.3) is 0 Å². The third kappa shape index (κ3) is 3.97. The van der Waals surface area contributed by atoms with Crippen molar-refractivity contribution in [1.82, 2.24) is 10.2 Å². The first-order valence-corrected chi connectivity index (χ1v) is 7.85. The van der Waals surface area contributed by atoms with Crippen LogP contribution >= 0.6 is 0 Å². The summed E-state index contributed by atoms with van der Waals surface area (Å²) in [7, 11) is 0. The fourth-order valence-electron chi connectivity index (χ4n) is 2.65. The number of morpholine rings is 1. The van der Waals surface area contributed by atoms with Crippen LogP contribution in [0.4, 0.5) is 4.79 Å². The monoisotopic (exact) mass is 290 g/mol. The average molecular weight is 290 g/mol. The molecule has 4 heteroatoms. The lowest BCUT2D eigenvalue weighted by molar-refractivity contribution is -0.0430. The van der Waals surface area contributed by atoms with E-state index in [2.05, 4.69) is 31.3 Å². The molecule has 0 radical (unpaired) electrons. The van der Waals surface area contributed by atoms with E-state index in [4.69, 9.17) is 4.74 Å². The number of carbonyl (C=O) groups excluding carboxylic acids is 1. The lowest BCUT2D eigenvalue weighted by atomic mass is 10.0. The molecule has 1 aromatic rings. The number of carbonyl (C=O) groups is 1. The van der Waals surface area contributed by atoms with Gasteiger partial charge in [-0.3, -0.25) is 0 Å². The van der Waals surface area contributed by atoms with Crippen LogP contribution in [0.25, 0.3) is 0 Å². The largest absolute Gasteiger partial charge is 0.370 e. The van der Waals surface area contributed by atoms with Gasteiger partial charge in [0.2, 0.25) is 0 Å². The topological polar surface area (TPSA) is 41.6 Å². The highest BCUT2D eigenvalue weighted by molar-refractivity contribution is 5.74. The average Bonchev–Trinajstić information content (AvgIpc) is 2.48. The normalized spacial score (nSPS) is 22.1. The van der Waals surface area contributed by atoms with Crippen molar-refractivity contribution in [1.29, 1.82) is 0 Å². The lowest BCUT2D eigenvalue weighted by Gasteiger charge is -2.38. The Balaban J connectivity index is 2.02. The Labute approximate surface area is 127 Å². The summed E-state index contributed by atoms with van der Waals surface area (Å²) in [5.41, 5.74) is 2.39. The number of ether oxygens (including phenoxy) is 1. The van der Waals surface area contributed by atoms with E-state index in [1.54, 1.807) is 0 Å².